The molecule has 1 aliphatic rings. The van der Waals surface area contributed by atoms with Crippen molar-refractivity contribution in [1.82, 2.24) is 0 Å². The van der Waals surface area contributed by atoms with Gasteiger partial charge in [-0.1, -0.05) is 29.8 Å². The number of ether oxygens (including phenoxy) is 1. The number of para-hydroxylation sites is 1. The van der Waals surface area contributed by atoms with Gasteiger partial charge in [-0.25, -0.2) is 0 Å². The average molecular weight is 232 g/mol. The lowest BCUT2D eigenvalue weighted by Crippen LogP contribution is -2.09. The number of aliphatic hydroxyl groups is 1. The maximum Gasteiger partial charge on any atom is 0.119 e. The Morgan fingerprint density at radius 1 is 1.24 bits per heavy atom. The van der Waals surface area contributed by atoms with Crippen LogP contribution in [-0.2, 0) is 0 Å². The van der Waals surface area contributed by atoms with Gasteiger partial charge in [-0.3, -0.25) is 0 Å². The van der Waals surface area contributed by atoms with Gasteiger partial charge in [-0.15, -0.1) is 0 Å². The third kappa shape index (κ3) is 4.23. The van der Waals surface area contributed by atoms with E-state index in [1.54, 1.807) is 0 Å². The molecular weight excluding hydrogens is 212 g/mol. The van der Waals surface area contributed by atoms with Gasteiger partial charge < -0.3 is 9.84 Å². The highest BCUT2D eigenvalue weighted by molar-refractivity contribution is 5.20. The van der Waals surface area contributed by atoms with Gasteiger partial charge in [0.25, 0.3) is 0 Å². The molecule has 2 rings (SSSR count). The molecule has 0 aromatic heterocycles. The zero-order chi connectivity index (χ0) is 11.9. The van der Waals surface area contributed by atoms with E-state index in [2.05, 4.69) is 0 Å². The van der Waals surface area contributed by atoms with Crippen LogP contribution in [-0.4, -0.2) is 17.8 Å². The summed E-state index contributed by atoms with van der Waals surface area (Å²) in [6.45, 7) is 0.747. The van der Waals surface area contributed by atoms with E-state index in [0.29, 0.717) is 0 Å². The summed E-state index contributed by atoms with van der Waals surface area (Å²) < 4.78 is 5.63. The first kappa shape index (κ1) is 12.2. The fraction of sp³-hybridized carbons (Fsp3) is 0.467. The van der Waals surface area contributed by atoms with Crippen LogP contribution in [0.25, 0.3) is 0 Å². The van der Waals surface area contributed by atoms with Crippen molar-refractivity contribution in [2.75, 3.05) is 6.61 Å². The summed E-state index contributed by atoms with van der Waals surface area (Å²) in [7, 11) is 0. The zero-order valence-corrected chi connectivity index (χ0v) is 10.1. The van der Waals surface area contributed by atoms with Gasteiger partial charge in [0.05, 0.1) is 12.7 Å². The molecule has 1 aliphatic carbocycles. The first-order chi connectivity index (χ1) is 8.34. The lowest BCUT2D eigenvalue weighted by atomic mass is 9.94. The van der Waals surface area contributed by atoms with Crippen molar-refractivity contribution >= 4 is 0 Å². The summed E-state index contributed by atoms with van der Waals surface area (Å²) >= 11 is 0. The van der Waals surface area contributed by atoms with Gasteiger partial charge in [0.1, 0.15) is 5.75 Å². The van der Waals surface area contributed by atoms with Crippen molar-refractivity contribution in [1.29, 1.82) is 0 Å². The quantitative estimate of drug-likeness (QED) is 0.623. The molecule has 0 saturated heterocycles. The number of benzene rings is 1. The lowest BCUT2D eigenvalue weighted by Gasteiger charge is -2.17. The topological polar surface area (TPSA) is 29.5 Å². The summed E-state index contributed by atoms with van der Waals surface area (Å²) in [5, 5.41) is 9.51. The van der Waals surface area contributed by atoms with Gasteiger partial charge in [0.2, 0.25) is 0 Å². The number of allylic oxidation sites excluding steroid dienone is 1. The van der Waals surface area contributed by atoms with E-state index in [9.17, 15) is 5.11 Å². The van der Waals surface area contributed by atoms with Crippen LogP contribution in [0.1, 0.15) is 32.1 Å². The molecule has 0 amide bonds. The highest BCUT2D eigenvalue weighted by atomic mass is 16.5. The van der Waals surface area contributed by atoms with E-state index in [4.69, 9.17) is 4.74 Å². The normalized spacial score (nSPS) is 19.8. The van der Waals surface area contributed by atoms with Crippen molar-refractivity contribution in [3.05, 3.63) is 42.0 Å². The van der Waals surface area contributed by atoms with Crippen LogP contribution >= 0.6 is 0 Å². The van der Waals surface area contributed by atoms with E-state index < -0.39 is 0 Å². The molecule has 1 atom stereocenters. The molecule has 0 aliphatic heterocycles. The van der Waals surface area contributed by atoms with Crippen molar-refractivity contribution < 1.29 is 9.84 Å². The van der Waals surface area contributed by atoms with Gasteiger partial charge in [0.15, 0.2) is 0 Å². The van der Waals surface area contributed by atoms with E-state index >= 15 is 0 Å². The van der Waals surface area contributed by atoms with Crippen LogP contribution in [0.5, 0.6) is 5.75 Å². The summed E-state index contributed by atoms with van der Waals surface area (Å²) in [6.07, 6.45) is 7.05. The Hall–Kier alpha value is -1.28. The zero-order valence-electron chi connectivity index (χ0n) is 10.1. The molecule has 1 N–H and O–H groups in total. The Bertz CT molecular complexity index is 356. The maximum absolute atomic E-state index is 9.51. The molecule has 0 radical (unpaired) electrons. The monoisotopic (exact) mass is 232 g/mol. The minimum Gasteiger partial charge on any atom is -0.494 e. The number of hydrogen-bond acceptors (Lipinski definition) is 2. The van der Waals surface area contributed by atoms with E-state index in [1.165, 1.54) is 5.57 Å². The van der Waals surface area contributed by atoms with Crippen LogP contribution in [0.15, 0.2) is 42.0 Å². The SMILES string of the molecule is OC1C=C(CCCOc2ccccc2)CCC1. The lowest BCUT2D eigenvalue weighted by molar-refractivity contribution is 0.201. The van der Waals surface area contributed by atoms with Gasteiger partial charge in [-0.2, -0.15) is 0 Å². The second kappa shape index (κ2) is 6.45. The largest absolute Gasteiger partial charge is 0.494 e. The molecule has 92 valence electrons. The van der Waals surface area contributed by atoms with Crippen molar-refractivity contribution in [3.8, 4) is 5.75 Å². The highest BCUT2D eigenvalue weighted by Gasteiger charge is 2.10. The standard InChI is InChI=1S/C15H20O2/c16-14-8-4-6-13(12-14)7-5-11-17-15-9-2-1-3-10-15/h1-3,9-10,12,14,16H,4-8,11H2. The Morgan fingerprint density at radius 2 is 2.06 bits per heavy atom. The van der Waals surface area contributed by atoms with Gasteiger partial charge >= 0.3 is 0 Å². The summed E-state index contributed by atoms with van der Waals surface area (Å²) in [5.41, 5.74) is 1.39. The molecule has 2 heteroatoms. The molecule has 17 heavy (non-hydrogen) atoms. The molecule has 1 aromatic rings. The van der Waals surface area contributed by atoms with E-state index in [0.717, 1.165) is 44.5 Å². The Kier molecular flexibility index (Phi) is 4.63. The number of rotatable bonds is 5. The molecule has 1 aromatic carbocycles. The average Bonchev–Trinajstić information content (AvgIpc) is 2.36. The van der Waals surface area contributed by atoms with Crippen LogP contribution in [0.4, 0.5) is 0 Å². The minimum absolute atomic E-state index is 0.214. The molecular formula is C15H20O2. The third-order valence-corrected chi connectivity index (χ3v) is 3.08. The second-order valence-electron chi connectivity index (χ2n) is 4.55. The first-order valence-electron chi connectivity index (χ1n) is 6.40. The van der Waals surface area contributed by atoms with Crippen LogP contribution in [0, 0.1) is 0 Å². The fourth-order valence-corrected chi connectivity index (χ4v) is 2.19. The molecule has 0 heterocycles. The number of aliphatic hydroxyl groups excluding tert-OH is 1. The van der Waals surface area contributed by atoms with Crippen molar-refractivity contribution in [3.63, 3.8) is 0 Å². The summed E-state index contributed by atoms with van der Waals surface area (Å²) in [5.74, 6) is 0.935. The van der Waals surface area contributed by atoms with E-state index in [-0.39, 0.29) is 6.10 Å². The van der Waals surface area contributed by atoms with E-state index in [1.807, 2.05) is 36.4 Å². The number of hydrogen-bond donors (Lipinski definition) is 1. The van der Waals surface area contributed by atoms with Crippen molar-refractivity contribution in [2.24, 2.45) is 0 Å². The smallest absolute Gasteiger partial charge is 0.119 e. The minimum atomic E-state index is -0.214. The summed E-state index contributed by atoms with van der Waals surface area (Å²) in [6, 6.07) is 9.90. The van der Waals surface area contributed by atoms with Crippen LogP contribution in [0.3, 0.4) is 0 Å². The predicted octanol–water partition coefficient (Wildman–Crippen LogP) is 3.32. The molecule has 0 bridgehead atoms. The van der Waals surface area contributed by atoms with Crippen molar-refractivity contribution in [2.45, 2.75) is 38.2 Å². The first-order valence-corrected chi connectivity index (χ1v) is 6.40. The molecule has 2 nitrogen and oxygen atoms in total. The Morgan fingerprint density at radius 3 is 2.82 bits per heavy atom. The third-order valence-electron chi connectivity index (χ3n) is 3.08. The Labute approximate surface area is 103 Å². The molecule has 0 saturated carbocycles. The second-order valence-corrected chi connectivity index (χ2v) is 4.55. The van der Waals surface area contributed by atoms with Gasteiger partial charge in [-0.05, 0) is 44.2 Å². The molecule has 1 unspecified atom stereocenters. The van der Waals surface area contributed by atoms with Crippen LogP contribution < -0.4 is 4.74 Å². The Balaban J connectivity index is 1.66. The molecule has 0 spiro atoms. The van der Waals surface area contributed by atoms with Crippen LogP contribution in [0.2, 0.25) is 0 Å². The predicted molar refractivity (Wildman–Crippen MR) is 69.1 cm³/mol. The summed E-state index contributed by atoms with van der Waals surface area (Å²) in [4.78, 5) is 0. The highest BCUT2D eigenvalue weighted by Crippen LogP contribution is 2.21. The maximum atomic E-state index is 9.51. The molecule has 0 fully saturated rings. The van der Waals surface area contributed by atoms with Gasteiger partial charge in [0, 0.05) is 0 Å². The fourth-order valence-electron chi connectivity index (χ4n) is 2.19.